The third-order valence-corrected chi connectivity index (χ3v) is 2.02. The van der Waals surface area contributed by atoms with E-state index in [2.05, 4.69) is 15.4 Å². The van der Waals surface area contributed by atoms with E-state index in [1.165, 1.54) is 13.2 Å². The van der Waals surface area contributed by atoms with Gasteiger partial charge in [-0.15, -0.1) is 0 Å². The SMILES string of the molecule is COCc1nc(NN)cc(OCCCC(F)(F)F)n1. The molecular formula is C10H15F3N4O2. The van der Waals surface area contributed by atoms with Crippen LogP contribution >= 0.6 is 0 Å². The Balaban J connectivity index is 2.54. The third kappa shape index (κ3) is 6.20. The molecule has 0 spiro atoms. The Morgan fingerprint density at radius 1 is 1.37 bits per heavy atom. The highest BCUT2D eigenvalue weighted by atomic mass is 19.4. The molecule has 1 heterocycles. The van der Waals surface area contributed by atoms with Crippen LogP contribution in [0.1, 0.15) is 18.7 Å². The van der Waals surface area contributed by atoms with Crippen molar-refractivity contribution in [2.24, 2.45) is 5.84 Å². The molecule has 0 unspecified atom stereocenters. The van der Waals surface area contributed by atoms with Crippen LogP contribution in [0.5, 0.6) is 5.88 Å². The summed E-state index contributed by atoms with van der Waals surface area (Å²) in [4.78, 5) is 7.95. The molecule has 0 saturated heterocycles. The van der Waals surface area contributed by atoms with Gasteiger partial charge in [0.2, 0.25) is 5.88 Å². The van der Waals surface area contributed by atoms with Crippen LogP contribution in [0, 0.1) is 0 Å². The van der Waals surface area contributed by atoms with Gasteiger partial charge in [-0.2, -0.15) is 18.2 Å². The number of nitrogens with two attached hydrogens (primary N) is 1. The first kappa shape index (κ1) is 15.4. The number of hydrogen-bond acceptors (Lipinski definition) is 6. The van der Waals surface area contributed by atoms with E-state index in [0.717, 1.165) is 0 Å². The number of ether oxygens (including phenoxy) is 2. The second kappa shape index (κ2) is 7.10. The van der Waals surface area contributed by atoms with Crippen molar-refractivity contribution >= 4 is 5.82 Å². The van der Waals surface area contributed by atoms with Gasteiger partial charge in [-0.3, -0.25) is 0 Å². The summed E-state index contributed by atoms with van der Waals surface area (Å²) in [5.41, 5.74) is 2.31. The Morgan fingerprint density at radius 3 is 2.68 bits per heavy atom. The molecule has 0 aliphatic rings. The van der Waals surface area contributed by atoms with E-state index in [1.54, 1.807) is 0 Å². The Hall–Kier alpha value is -1.61. The highest BCUT2D eigenvalue weighted by Crippen LogP contribution is 2.21. The van der Waals surface area contributed by atoms with Crippen LogP contribution in [-0.2, 0) is 11.3 Å². The average Bonchev–Trinajstić information content (AvgIpc) is 2.34. The second-order valence-electron chi connectivity index (χ2n) is 3.65. The molecule has 0 fully saturated rings. The lowest BCUT2D eigenvalue weighted by atomic mass is 10.3. The Morgan fingerprint density at radius 2 is 2.11 bits per heavy atom. The number of anilines is 1. The maximum atomic E-state index is 11.9. The van der Waals surface area contributed by atoms with Crippen molar-refractivity contribution in [2.75, 3.05) is 19.1 Å². The van der Waals surface area contributed by atoms with Crippen molar-refractivity contribution in [3.63, 3.8) is 0 Å². The standard InChI is InChI=1S/C10H15F3N4O2/c1-18-6-8-15-7(17-14)5-9(16-8)19-4-2-3-10(11,12)13/h5H,2-4,6,14H2,1H3,(H,15,16,17). The first-order chi connectivity index (χ1) is 8.94. The normalized spacial score (nSPS) is 11.4. The molecule has 108 valence electrons. The van der Waals surface area contributed by atoms with E-state index in [-0.39, 0.29) is 25.5 Å². The van der Waals surface area contributed by atoms with Gasteiger partial charge in [0, 0.05) is 19.6 Å². The Kier molecular flexibility index (Phi) is 5.77. The second-order valence-corrected chi connectivity index (χ2v) is 3.65. The highest BCUT2D eigenvalue weighted by Gasteiger charge is 2.26. The fraction of sp³-hybridized carbons (Fsp3) is 0.600. The van der Waals surface area contributed by atoms with Crippen LogP contribution in [0.4, 0.5) is 19.0 Å². The summed E-state index contributed by atoms with van der Waals surface area (Å²) in [6.45, 7) is 0.0569. The van der Waals surface area contributed by atoms with E-state index in [4.69, 9.17) is 15.3 Å². The molecule has 0 aliphatic carbocycles. The predicted octanol–water partition coefficient (Wildman–Crippen LogP) is 1.63. The molecule has 0 atom stereocenters. The maximum Gasteiger partial charge on any atom is 0.389 e. The number of alkyl halides is 3. The fourth-order valence-electron chi connectivity index (χ4n) is 1.26. The van der Waals surface area contributed by atoms with Crippen molar-refractivity contribution in [3.8, 4) is 5.88 Å². The van der Waals surface area contributed by atoms with E-state index < -0.39 is 12.6 Å². The van der Waals surface area contributed by atoms with Gasteiger partial charge in [0.15, 0.2) is 5.82 Å². The average molecular weight is 280 g/mol. The van der Waals surface area contributed by atoms with Gasteiger partial charge in [0.05, 0.1) is 6.61 Å². The smallest absolute Gasteiger partial charge is 0.389 e. The van der Waals surface area contributed by atoms with E-state index in [1.807, 2.05) is 0 Å². The van der Waals surface area contributed by atoms with Crippen LogP contribution in [0.15, 0.2) is 6.07 Å². The van der Waals surface area contributed by atoms with Gasteiger partial charge in [0.25, 0.3) is 0 Å². The maximum absolute atomic E-state index is 11.9. The van der Waals surface area contributed by atoms with Crippen molar-refractivity contribution in [2.45, 2.75) is 25.6 Å². The molecule has 3 N–H and O–H groups in total. The first-order valence-electron chi connectivity index (χ1n) is 5.47. The molecule has 1 aromatic rings. The summed E-state index contributed by atoms with van der Waals surface area (Å²) in [5.74, 6) is 5.98. The van der Waals surface area contributed by atoms with Crippen LogP contribution in [-0.4, -0.2) is 29.9 Å². The van der Waals surface area contributed by atoms with Gasteiger partial charge < -0.3 is 14.9 Å². The molecule has 6 nitrogen and oxygen atoms in total. The van der Waals surface area contributed by atoms with Crippen LogP contribution in [0.25, 0.3) is 0 Å². The van der Waals surface area contributed by atoms with Crippen LogP contribution in [0.2, 0.25) is 0 Å². The molecule has 0 radical (unpaired) electrons. The Bertz CT molecular complexity index is 401. The molecule has 0 aromatic carbocycles. The minimum Gasteiger partial charge on any atom is -0.478 e. The van der Waals surface area contributed by atoms with Crippen molar-refractivity contribution in [3.05, 3.63) is 11.9 Å². The van der Waals surface area contributed by atoms with Gasteiger partial charge in [-0.1, -0.05) is 0 Å². The molecule has 0 aliphatic heterocycles. The number of hydrogen-bond donors (Lipinski definition) is 2. The zero-order valence-electron chi connectivity index (χ0n) is 10.3. The van der Waals surface area contributed by atoms with Gasteiger partial charge in [0.1, 0.15) is 12.4 Å². The molecule has 0 amide bonds. The lowest BCUT2D eigenvalue weighted by Crippen LogP contribution is -2.13. The number of rotatable bonds is 7. The molecule has 1 rings (SSSR count). The van der Waals surface area contributed by atoms with Crippen molar-refractivity contribution in [1.82, 2.24) is 9.97 Å². The topological polar surface area (TPSA) is 82.3 Å². The molecule has 1 aromatic heterocycles. The zero-order chi connectivity index (χ0) is 14.3. The van der Waals surface area contributed by atoms with E-state index >= 15 is 0 Å². The van der Waals surface area contributed by atoms with Crippen molar-refractivity contribution < 1.29 is 22.6 Å². The quantitative estimate of drug-likeness (QED) is 0.449. The van der Waals surface area contributed by atoms with E-state index in [9.17, 15) is 13.2 Å². The lowest BCUT2D eigenvalue weighted by Gasteiger charge is -2.09. The predicted molar refractivity (Wildman–Crippen MR) is 61.3 cm³/mol. The third-order valence-electron chi connectivity index (χ3n) is 2.02. The number of methoxy groups -OCH3 is 1. The van der Waals surface area contributed by atoms with Crippen LogP contribution < -0.4 is 16.0 Å². The molecule has 0 saturated carbocycles. The first-order valence-corrected chi connectivity index (χ1v) is 5.47. The summed E-state index contributed by atoms with van der Waals surface area (Å²) in [6, 6.07) is 1.40. The van der Waals surface area contributed by atoms with Crippen molar-refractivity contribution in [1.29, 1.82) is 0 Å². The van der Waals surface area contributed by atoms with E-state index in [0.29, 0.717) is 11.6 Å². The van der Waals surface area contributed by atoms with Gasteiger partial charge in [-0.25, -0.2) is 10.8 Å². The summed E-state index contributed by atoms with van der Waals surface area (Å²) >= 11 is 0. The molecular weight excluding hydrogens is 265 g/mol. The summed E-state index contributed by atoms with van der Waals surface area (Å²) < 4.78 is 45.8. The minimum absolute atomic E-state index is 0.0903. The molecule has 19 heavy (non-hydrogen) atoms. The number of aromatic nitrogens is 2. The molecule has 0 bridgehead atoms. The highest BCUT2D eigenvalue weighted by molar-refractivity contribution is 5.36. The summed E-state index contributed by atoms with van der Waals surface area (Å²) in [7, 11) is 1.47. The Labute approximate surface area is 108 Å². The summed E-state index contributed by atoms with van der Waals surface area (Å²) in [6.07, 6.45) is -5.22. The fourth-order valence-corrected chi connectivity index (χ4v) is 1.26. The van der Waals surface area contributed by atoms with Gasteiger partial charge >= 0.3 is 6.18 Å². The largest absolute Gasteiger partial charge is 0.478 e. The number of nitrogen functional groups attached to an aromatic ring is 1. The summed E-state index contributed by atoms with van der Waals surface area (Å²) in [5, 5.41) is 0. The lowest BCUT2D eigenvalue weighted by molar-refractivity contribution is -0.136. The van der Waals surface area contributed by atoms with Crippen LogP contribution in [0.3, 0.4) is 0 Å². The number of nitrogens with one attached hydrogen (secondary N) is 1. The zero-order valence-corrected chi connectivity index (χ0v) is 10.3. The number of nitrogens with zero attached hydrogens (tertiary/aromatic N) is 2. The molecule has 9 heteroatoms. The monoisotopic (exact) mass is 280 g/mol. The number of halogens is 3. The minimum atomic E-state index is -4.18. The number of hydrazine groups is 1. The van der Waals surface area contributed by atoms with Gasteiger partial charge in [-0.05, 0) is 6.42 Å².